The maximum absolute atomic E-state index is 13.8. The Bertz CT molecular complexity index is 1510. The number of fused-ring (bicyclic) bond motifs is 4. The van der Waals surface area contributed by atoms with Crippen molar-refractivity contribution in [3.8, 4) is 11.8 Å². The van der Waals surface area contributed by atoms with Crippen molar-refractivity contribution >= 4 is 38.2 Å². The number of anilines is 2. The van der Waals surface area contributed by atoms with Crippen LogP contribution in [0, 0.1) is 5.41 Å². The highest BCUT2D eigenvalue weighted by Gasteiger charge is 2.46. The van der Waals surface area contributed by atoms with Crippen molar-refractivity contribution in [3.05, 3.63) is 46.1 Å². The molecule has 222 valence electrons. The average molecular weight is 638 g/mol. The summed E-state index contributed by atoms with van der Waals surface area (Å²) >= 11 is 3.75. The van der Waals surface area contributed by atoms with E-state index in [0.717, 1.165) is 84.4 Å². The minimum absolute atomic E-state index is 0.0798. The number of phenolic OH excluding ortho intramolecular Hbond substituents is 1. The highest BCUT2D eigenvalue weighted by Crippen LogP contribution is 2.47. The van der Waals surface area contributed by atoms with Gasteiger partial charge in [-0.2, -0.15) is 9.97 Å². The molecule has 5 heterocycles. The maximum Gasteiger partial charge on any atom is 0.318 e. The zero-order valence-electron chi connectivity index (χ0n) is 23.9. The molecule has 2 N–H and O–H groups in total. The van der Waals surface area contributed by atoms with Crippen molar-refractivity contribution in [1.29, 1.82) is 0 Å². The number of benzene rings is 2. The van der Waals surface area contributed by atoms with Gasteiger partial charge in [-0.3, -0.25) is 4.90 Å². The number of piperazine rings is 1. The van der Waals surface area contributed by atoms with Gasteiger partial charge in [0.1, 0.15) is 17.7 Å². The number of rotatable bonds is 7. The first-order valence-corrected chi connectivity index (χ1v) is 16.3. The zero-order valence-corrected chi connectivity index (χ0v) is 25.5. The summed E-state index contributed by atoms with van der Waals surface area (Å²) in [6.07, 6.45) is 5.40. The molecular weight excluding hydrogens is 599 g/mol. The van der Waals surface area contributed by atoms with Gasteiger partial charge >= 0.3 is 6.01 Å². The Morgan fingerprint density at radius 1 is 1.05 bits per heavy atom. The average Bonchev–Trinajstić information content (AvgIpc) is 3.50. The van der Waals surface area contributed by atoms with Gasteiger partial charge in [-0.25, -0.2) is 4.39 Å². The van der Waals surface area contributed by atoms with Crippen molar-refractivity contribution in [2.45, 2.75) is 63.3 Å². The van der Waals surface area contributed by atoms with Crippen LogP contribution in [0.15, 0.2) is 34.8 Å². The molecule has 0 radical (unpaired) electrons. The molecule has 0 amide bonds. The maximum atomic E-state index is 13.8. The van der Waals surface area contributed by atoms with Gasteiger partial charge in [0.2, 0.25) is 0 Å². The highest BCUT2D eigenvalue weighted by atomic mass is 79.9. The van der Waals surface area contributed by atoms with Gasteiger partial charge in [0.15, 0.2) is 0 Å². The number of alkyl halides is 1. The van der Waals surface area contributed by atoms with Crippen LogP contribution in [-0.4, -0.2) is 84.1 Å². The number of nitrogens with one attached hydrogen (secondary N) is 1. The summed E-state index contributed by atoms with van der Waals surface area (Å²) in [5, 5.41) is 16.4. The van der Waals surface area contributed by atoms with Crippen LogP contribution < -0.4 is 19.9 Å². The molecule has 3 atom stereocenters. The summed E-state index contributed by atoms with van der Waals surface area (Å²) in [4.78, 5) is 17.1. The third kappa shape index (κ3) is 5.09. The lowest BCUT2D eigenvalue weighted by Crippen LogP contribution is -2.52. The van der Waals surface area contributed by atoms with E-state index in [9.17, 15) is 9.50 Å². The fourth-order valence-electron chi connectivity index (χ4n) is 7.63. The van der Waals surface area contributed by atoms with Crippen LogP contribution >= 0.6 is 15.9 Å². The number of halogens is 2. The number of phenols is 1. The second-order valence-corrected chi connectivity index (χ2v) is 14.0. The molecule has 4 fully saturated rings. The van der Waals surface area contributed by atoms with Crippen LogP contribution in [0.25, 0.3) is 10.8 Å². The van der Waals surface area contributed by atoms with E-state index in [1.807, 2.05) is 24.3 Å². The summed E-state index contributed by atoms with van der Waals surface area (Å²) in [5.41, 5.74) is 3.30. The van der Waals surface area contributed by atoms with Gasteiger partial charge in [0, 0.05) is 83.9 Å². The molecule has 1 aromatic heterocycles. The topological polar surface area (TPSA) is 77.0 Å². The number of hydrogen-bond donors (Lipinski definition) is 2. The number of likely N-dealkylation sites (tertiary alicyclic amines) is 1. The minimum atomic E-state index is -0.699. The van der Waals surface area contributed by atoms with Gasteiger partial charge in [-0.1, -0.05) is 28.1 Å². The largest absolute Gasteiger partial charge is 0.508 e. The summed E-state index contributed by atoms with van der Waals surface area (Å²) in [6, 6.07) is 11.2. The van der Waals surface area contributed by atoms with Gasteiger partial charge < -0.3 is 25.0 Å². The van der Waals surface area contributed by atoms with E-state index in [-0.39, 0.29) is 11.2 Å². The van der Waals surface area contributed by atoms with E-state index in [4.69, 9.17) is 14.7 Å². The minimum Gasteiger partial charge on any atom is -0.508 e. The second-order valence-electron chi connectivity index (χ2n) is 13.2. The normalized spacial score (nSPS) is 26.6. The molecule has 3 saturated heterocycles. The smallest absolute Gasteiger partial charge is 0.318 e. The summed E-state index contributed by atoms with van der Waals surface area (Å²) < 4.78 is 21.3. The summed E-state index contributed by atoms with van der Waals surface area (Å²) in [6.45, 7) is 6.19. The molecule has 0 spiro atoms. The Hall–Kier alpha value is -2.69. The molecule has 5 aliphatic rings. The van der Waals surface area contributed by atoms with E-state index < -0.39 is 6.17 Å². The van der Waals surface area contributed by atoms with E-state index in [2.05, 4.69) is 42.0 Å². The molecule has 2 bridgehead atoms. The molecule has 10 heteroatoms. The monoisotopic (exact) mass is 636 g/mol. The van der Waals surface area contributed by atoms with E-state index >= 15 is 0 Å². The van der Waals surface area contributed by atoms with E-state index in [1.54, 1.807) is 0 Å². The van der Waals surface area contributed by atoms with Crippen LogP contribution in [0.3, 0.4) is 0 Å². The van der Waals surface area contributed by atoms with E-state index in [1.165, 1.54) is 18.4 Å². The molecule has 8 rings (SSSR count). The Morgan fingerprint density at radius 2 is 1.88 bits per heavy atom. The molecule has 1 saturated carbocycles. The first-order valence-electron chi connectivity index (χ1n) is 15.5. The SMILES string of the molecule is Oc1cc(N2CCc3c(nc(OCC4(CN5CCC(F)C5)CC4)nc3N3CC4CCC(C3)N4)C2)c2c(Br)cccc2c1. The van der Waals surface area contributed by atoms with Gasteiger partial charge in [0.05, 0.1) is 18.8 Å². The van der Waals surface area contributed by atoms with Crippen molar-refractivity contribution in [2.75, 3.05) is 55.7 Å². The number of hydrogen-bond acceptors (Lipinski definition) is 8. The number of aromatic nitrogens is 2. The highest BCUT2D eigenvalue weighted by molar-refractivity contribution is 9.10. The first kappa shape index (κ1) is 26.9. The van der Waals surface area contributed by atoms with Gasteiger partial charge in [-0.05, 0) is 56.0 Å². The third-order valence-corrected chi connectivity index (χ3v) is 10.7. The zero-order chi connectivity index (χ0) is 28.4. The van der Waals surface area contributed by atoms with Crippen LogP contribution in [0.2, 0.25) is 0 Å². The van der Waals surface area contributed by atoms with Gasteiger partial charge in [-0.15, -0.1) is 0 Å². The third-order valence-electron chi connectivity index (χ3n) is 10.0. The molecule has 8 nitrogen and oxygen atoms in total. The van der Waals surface area contributed by atoms with Crippen LogP contribution in [-0.2, 0) is 13.0 Å². The van der Waals surface area contributed by atoms with Crippen LogP contribution in [0.1, 0.15) is 43.4 Å². The number of nitrogens with zero attached hydrogens (tertiary/aromatic N) is 5. The molecule has 3 aromatic rings. The van der Waals surface area contributed by atoms with Crippen molar-refractivity contribution in [1.82, 2.24) is 20.2 Å². The lowest BCUT2D eigenvalue weighted by Gasteiger charge is -2.37. The molecule has 1 aliphatic carbocycles. The number of ether oxygens (including phenoxy) is 1. The predicted octanol–water partition coefficient (Wildman–Crippen LogP) is 4.80. The van der Waals surface area contributed by atoms with Crippen molar-refractivity contribution in [2.24, 2.45) is 5.41 Å². The van der Waals surface area contributed by atoms with E-state index in [0.29, 0.717) is 44.2 Å². The van der Waals surface area contributed by atoms with Gasteiger partial charge in [0.25, 0.3) is 0 Å². The lowest BCUT2D eigenvalue weighted by molar-refractivity contribution is 0.164. The molecule has 42 heavy (non-hydrogen) atoms. The van der Waals surface area contributed by atoms with Crippen LogP contribution in [0.4, 0.5) is 15.9 Å². The Balaban J connectivity index is 1.10. The molecular formula is C32H38BrFN6O2. The Kier molecular flexibility index (Phi) is 6.72. The second kappa shape index (κ2) is 10.5. The standard InChI is InChI=1S/C32H38BrFN6O2/c33-26-3-1-2-20-12-24(41)13-28(29(20)26)39-11-7-25-27(17-39)36-31(37-30(25)40-15-22-4-5-23(16-40)35-22)42-19-32(8-9-32)18-38-10-6-21(34)14-38/h1-3,12-13,21-23,35,41H,4-11,14-19H2. The van der Waals surface area contributed by atoms with Crippen LogP contribution in [0.5, 0.6) is 11.8 Å². The van der Waals surface area contributed by atoms with Crippen molar-refractivity contribution < 1.29 is 14.2 Å². The Morgan fingerprint density at radius 3 is 2.64 bits per heavy atom. The fraction of sp³-hybridized carbons (Fsp3) is 0.562. The first-order chi connectivity index (χ1) is 20.4. The molecule has 2 aromatic carbocycles. The predicted molar refractivity (Wildman–Crippen MR) is 165 cm³/mol. The molecule has 4 aliphatic heterocycles. The Labute approximate surface area is 254 Å². The number of aromatic hydroxyl groups is 1. The quantitative estimate of drug-likeness (QED) is 0.383. The van der Waals surface area contributed by atoms with Crippen molar-refractivity contribution in [3.63, 3.8) is 0 Å². The summed E-state index contributed by atoms with van der Waals surface area (Å²) in [7, 11) is 0. The lowest BCUT2D eigenvalue weighted by atomic mass is 10.0. The molecule has 3 unspecified atom stereocenters. The fourth-order valence-corrected chi connectivity index (χ4v) is 8.21. The summed E-state index contributed by atoms with van der Waals surface area (Å²) in [5.74, 6) is 1.29.